The molecule has 0 aliphatic carbocycles. The molecule has 1 aromatic heterocycles. The van der Waals surface area contributed by atoms with Gasteiger partial charge in [-0.3, -0.25) is 9.69 Å². The molecule has 1 aromatic rings. The first-order valence-electron chi connectivity index (χ1n) is 13.2. The number of amides is 2. The van der Waals surface area contributed by atoms with E-state index in [-0.39, 0.29) is 24.7 Å². The van der Waals surface area contributed by atoms with Gasteiger partial charge in [0, 0.05) is 6.54 Å². The van der Waals surface area contributed by atoms with E-state index in [0.717, 1.165) is 24.6 Å². The number of likely N-dealkylation sites (tertiary alicyclic amines) is 1. The van der Waals surface area contributed by atoms with Crippen molar-refractivity contribution in [3.8, 4) is 0 Å². The summed E-state index contributed by atoms with van der Waals surface area (Å²) in [7, 11) is 0. The van der Waals surface area contributed by atoms with E-state index < -0.39 is 65.1 Å². The second-order valence-electron chi connectivity index (χ2n) is 10.1. The molecule has 2 amide bonds. The molecular formula is C25H39ClN2O10S. The van der Waals surface area contributed by atoms with Gasteiger partial charge < -0.3 is 38.9 Å². The Morgan fingerprint density at radius 1 is 1.18 bits per heavy atom. The summed E-state index contributed by atoms with van der Waals surface area (Å²) >= 11 is 7.58. The largest absolute Gasteiger partial charge is 0.519 e. The summed E-state index contributed by atoms with van der Waals surface area (Å²) in [5, 5.41) is 33.4. The molecule has 0 saturated carbocycles. The molecule has 0 bridgehead atoms. The zero-order valence-corrected chi connectivity index (χ0v) is 24.2. The molecule has 9 atom stereocenters. The molecule has 0 aromatic carbocycles. The maximum Gasteiger partial charge on any atom is 0.519 e. The summed E-state index contributed by atoms with van der Waals surface area (Å²) in [5.41, 5.74) is -0.839. The Morgan fingerprint density at radius 2 is 1.90 bits per heavy atom. The van der Waals surface area contributed by atoms with Crippen LogP contribution in [-0.2, 0) is 20.9 Å². The van der Waals surface area contributed by atoms with Gasteiger partial charge in [-0.25, -0.2) is 9.59 Å². The summed E-state index contributed by atoms with van der Waals surface area (Å²) in [6.07, 6.45) is -0.797. The third kappa shape index (κ3) is 7.70. The zero-order valence-electron chi connectivity index (χ0n) is 22.6. The molecule has 4 N–H and O–H groups in total. The van der Waals surface area contributed by atoms with E-state index in [2.05, 4.69) is 12.2 Å². The Balaban J connectivity index is 1.79. The van der Waals surface area contributed by atoms with Crippen molar-refractivity contribution in [3.05, 3.63) is 22.1 Å². The van der Waals surface area contributed by atoms with Gasteiger partial charge in [0.2, 0.25) is 5.91 Å². The Labute approximate surface area is 236 Å². The first-order chi connectivity index (χ1) is 18.5. The number of alkyl halides is 1. The van der Waals surface area contributed by atoms with Gasteiger partial charge in [-0.15, -0.1) is 23.4 Å². The van der Waals surface area contributed by atoms with Gasteiger partial charge in [0.25, 0.3) is 0 Å². The predicted molar refractivity (Wildman–Crippen MR) is 142 cm³/mol. The Morgan fingerprint density at radius 3 is 2.49 bits per heavy atom. The lowest BCUT2D eigenvalue weighted by Gasteiger charge is -2.44. The monoisotopic (exact) mass is 594 g/mol. The molecular weight excluding hydrogens is 556 g/mol. The van der Waals surface area contributed by atoms with Crippen LogP contribution in [0.15, 0.2) is 13.6 Å². The summed E-state index contributed by atoms with van der Waals surface area (Å²) in [5.74, 6) is -0.812. The molecule has 3 heterocycles. The number of aryl methyl sites for hydroxylation is 1. The molecule has 14 heteroatoms. The second-order valence-corrected chi connectivity index (χ2v) is 11.7. The van der Waals surface area contributed by atoms with E-state index in [1.54, 1.807) is 13.2 Å². The van der Waals surface area contributed by atoms with Crippen LogP contribution in [0, 0.1) is 12.8 Å². The number of carbonyl (C=O) groups excluding carboxylic acids is 2. The van der Waals surface area contributed by atoms with Gasteiger partial charge >= 0.3 is 11.9 Å². The molecule has 2 aliphatic rings. The highest BCUT2D eigenvalue weighted by Gasteiger charge is 2.48. The van der Waals surface area contributed by atoms with Gasteiger partial charge in [-0.05, 0) is 45.3 Å². The van der Waals surface area contributed by atoms with E-state index in [0.29, 0.717) is 25.2 Å². The van der Waals surface area contributed by atoms with Crippen molar-refractivity contribution in [2.24, 2.45) is 5.92 Å². The van der Waals surface area contributed by atoms with Crippen molar-refractivity contribution in [1.29, 1.82) is 0 Å². The smallest absolute Gasteiger partial charge is 0.441 e. The number of nitrogens with one attached hydrogen (secondary N) is 1. The second kappa shape index (κ2) is 14.2. The lowest BCUT2D eigenvalue weighted by Crippen LogP contribution is -2.65. The van der Waals surface area contributed by atoms with Gasteiger partial charge in [0.05, 0.1) is 11.4 Å². The number of aliphatic hydroxyl groups excluding tert-OH is 3. The average Bonchev–Trinajstić information content (AvgIpc) is 3.08. The van der Waals surface area contributed by atoms with Crippen molar-refractivity contribution in [3.63, 3.8) is 0 Å². The predicted octanol–water partition coefficient (Wildman–Crippen LogP) is 1.73. The number of nitrogens with zero attached hydrogens (tertiary/aromatic N) is 1. The molecule has 2 saturated heterocycles. The van der Waals surface area contributed by atoms with Crippen LogP contribution < -0.4 is 11.1 Å². The molecule has 9 unspecified atom stereocenters. The molecule has 0 radical (unpaired) electrons. The van der Waals surface area contributed by atoms with Crippen molar-refractivity contribution in [2.45, 2.75) is 107 Å². The third-order valence-electron chi connectivity index (χ3n) is 7.40. The number of hydrogen-bond acceptors (Lipinski definition) is 11. The lowest BCUT2D eigenvalue weighted by atomic mass is 9.92. The molecule has 0 spiro atoms. The topological polar surface area (TPSA) is 172 Å². The molecule has 2 fully saturated rings. The first-order valence-corrected chi connectivity index (χ1v) is 14.9. The number of halogens is 1. The van der Waals surface area contributed by atoms with E-state index in [1.165, 1.54) is 11.8 Å². The summed E-state index contributed by atoms with van der Waals surface area (Å²) in [6.45, 7) is 5.15. The van der Waals surface area contributed by atoms with Gasteiger partial charge in [0.15, 0.2) is 18.1 Å². The van der Waals surface area contributed by atoms with Crippen molar-refractivity contribution < 1.29 is 43.2 Å². The molecule has 12 nitrogen and oxygen atoms in total. The standard InChI is InChI=1S/C25H39ClN2O10S/c1-5-6-14-7-8-15(28(10-9-14)24(33)35-11-16-13(3)36-25(34)37-16)22(32)27-17(12(2)26)21-19(30)18(29)20(31)23(38-21)39-4/h12,14-15,17-21,23,29-31H,5-11H2,1-4H3,(H,27,32). The lowest BCUT2D eigenvalue weighted by molar-refractivity contribution is -0.205. The number of aliphatic hydroxyl groups is 3. The Bertz CT molecular complexity index is 1020. The molecule has 222 valence electrons. The fraction of sp³-hybridized carbons (Fsp3) is 0.800. The van der Waals surface area contributed by atoms with Gasteiger partial charge in [-0.2, -0.15) is 0 Å². The van der Waals surface area contributed by atoms with Gasteiger partial charge in [-0.1, -0.05) is 19.8 Å². The van der Waals surface area contributed by atoms with E-state index in [9.17, 15) is 29.7 Å². The molecule has 3 rings (SSSR count). The maximum absolute atomic E-state index is 13.7. The van der Waals surface area contributed by atoms with E-state index >= 15 is 0 Å². The third-order valence-corrected chi connectivity index (χ3v) is 8.52. The first kappa shape index (κ1) is 31.8. The van der Waals surface area contributed by atoms with Crippen LogP contribution >= 0.6 is 23.4 Å². The van der Waals surface area contributed by atoms with E-state index in [4.69, 9.17) is 29.9 Å². The van der Waals surface area contributed by atoms with E-state index in [1.807, 2.05) is 0 Å². The number of thioether (sulfide) groups is 1. The van der Waals surface area contributed by atoms with Crippen molar-refractivity contribution >= 4 is 35.4 Å². The summed E-state index contributed by atoms with van der Waals surface area (Å²) < 4.78 is 20.9. The minimum absolute atomic E-state index is 0.0802. The van der Waals surface area contributed by atoms with Crippen LogP contribution in [-0.4, -0.2) is 92.3 Å². The minimum atomic E-state index is -1.51. The van der Waals surface area contributed by atoms with Crippen molar-refractivity contribution in [1.82, 2.24) is 10.2 Å². The van der Waals surface area contributed by atoms with Crippen LogP contribution in [0.3, 0.4) is 0 Å². The summed E-state index contributed by atoms with van der Waals surface area (Å²) in [4.78, 5) is 39.5. The summed E-state index contributed by atoms with van der Waals surface area (Å²) in [6, 6.07) is -1.84. The fourth-order valence-electron chi connectivity index (χ4n) is 5.16. The highest BCUT2D eigenvalue weighted by atomic mass is 35.5. The van der Waals surface area contributed by atoms with Crippen LogP contribution in [0.2, 0.25) is 0 Å². The number of ether oxygens (including phenoxy) is 2. The zero-order chi connectivity index (χ0) is 28.9. The average molecular weight is 595 g/mol. The Hall–Kier alpha value is -1.77. The normalized spacial score (nSPS) is 31.3. The van der Waals surface area contributed by atoms with Gasteiger partial charge in [0.1, 0.15) is 35.9 Å². The highest BCUT2D eigenvalue weighted by molar-refractivity contribution is 7.99. The number of rotatable bonds is 9. The highest BCUT2D eigenvalue weighted by Crippen LogP contribution is 2.31. The van der Waals surface area contributed by atoms with Crippen LogP contribution in [0.4, 0.5) is 4.79 Å². The Kier molecular flexibility index (Phi) is 11.6. The maximum atomic E-state index is 13.7. The SMILES string of the molecule is CCCC1CCC(C(=O)NC(C(C)Cl)C2OC(SC)C(O)C(O)C2O)N(C(=O)OCc2oc(=O)oc2C)CC1. The van der Waals surface area contributed by atoms with Crippen LogP contribution in [0.5, 0.6) is 0 Å². The number of carbonyl (C=O) groups is 2. The van der Waals surface area contributed by atoms with Crippen molar-refractivity contribution in [2.75, 3.05) is 12.8 Å². The molecule has 39 heavy (non-hydrogen) atoms. The fourth-order valence-corrected chi connectivity index (χ4v) is 6.05. The van der Waals surface area contributed by atoms with Crippen LogP contribution in [0.25, 0.3) is 0 Å². The quantitative estimate of drug-likeness (QED) is 0.307. The molecule has 2 aliphatic heterocycles. The minimum Gasteiger partial charge on any atom is -0.441 e. The van der Waals surface area contributed by atoms with Crippen LogP contribution in [0.1, 0.15) is 57.5 Å². The number of hydrogen-bond donors (Lipinski definition) is 4.